The lowest BCUT2D eigenvalue weighted by Crippen LogP contribution is -2.46. The van der Waals surface area contributed by atoms with Crippen molar-refractivity contribution in [3.05, 3.63) is 0 Å². The molecule has 0 aromatic heterocycles. The molecular formula is C14H25NO3S. The van der Waals surface area contributed by atoms with E-state index in [2.05, 4.69) is 13.8 Å². The topological polar surface area (TPSA) is 57.6 Å². The Morgan fingerprint density at radius 3 is 2.32 bits per heavy atom. The van der Waals surface area contributed by atoms with Crippen LogP contribution in [0.25, 0.3) is 0 Å². The molecule has 0 radical (unpaired) electrons. The lowest BCUT2D eigenvalue weighted by Gasteiger charge is -2.31. The molecule has 1 unspecified atom stereocenters. The van der Waals surface area contributed by atoms with Gasteiger partial charge in [0.25, 0.3) is 0 Å². The van der Waals surface area contributed by atoms with Crippen LogP contribution in [0.3, 0.4) is 0 Å². The monoisotopic (exact) mass is 287 g/mol. The van der Waals surface area contributed by atoms with Crippen LogP contribution in [0.15, 0.2) is 0 Å². The summed E-state index contributed by atoms with van der Waals surface area (Å²) in [6.07, 6.45) is 0.903. The van der Waals surface area contributed by atoms with Crippen LogP contribution in [-0.4, -0.2) is 45.5 Å². The quantitative estimate of drug-likeness (QED) is 0.793. The van der Waals surface area contributed by atoms with Crippen LogP contribution < -0.4 is 0 Å². The Morgan fingerprint density at radius 1 is 1.26 bits per heavy atom. The molecule has 4 nitrogen and oxygen atoms in total. The van der Waals surface area contributed by atoms with Gasteiger partial charge in [-0.1, -0.05) is 34.6 Å². The van der Waals surface area contributed by atoms with Crippen LogP contribution in [0.4, 0.5) is 0 Å². The fourth-order valence-electron chi connectivity index (χ4n) is 2.27. The smallest absolute Gasteiger partial charge is 0.316 e. The number of carboxylic acids is 1. The number of nitrogens with zero attached hydrogens (tertiary/aromatic N) is 1. The molecule has 19 heavy (non-hydrogen) atoms. The van der Waals surface area contributed by atoms with Gasteiger partial charge in [0, 0.05) is 23.6 Å². The number of rotatable bonds is 2. The van der Waals surface area contributed by atoms with Gasteiger partial charge >= 0.3 is 5.97 Å². The highest BCUT2D eigenvalue weighted by molar-refractivity contribution is 8.00. The zero-order valence-corrected chi connectivity index (χ0v) is 13.3. The minimum Gasteiger partial charge on any atom is -0.481 e. The molecule has 1 amide bonds. The summed E-state index contributed by atoms with van der Waals surface area (Å²) in [5.74, 6) is -1.35. The standard InChI is InChI=1S/C14H25NO3S/c1-13(2,3)10(12(17)18)11(16)15-7-6-14(4,5)19-9-8-15/h10H,6-9H2,1-5H3,(H,17,18). The lowest BCUT2D eigenvalue weighted by molar-refractivity contribution is -0.156. The highest BCUT2D eigenvalue weighted by atomic mass is 32.2. The maximum Gasteiger partial charge on any atom is 0.316 e. The maximum absolute atomic E-state index is 12.5. The molecule has 1 N–H and O–H groups in total. The minimum atomic E-state index is -1.02. The number of carbonyl (C=O) groups excluding carboxylic acids is 1. The molecule has 0 aliphatic carbocycles. The number of thioether (sulfide) groups is 1. The summed E-state index contributed by atoms with van der Waals surface area (Å²) < 4.78 is 0.162. The van der Waals surface area contributed by atoms with Crippen molar-refractivity contribution in [3.63, 3.8) is 0 Å². The van der Waals surface area contributed by atoms with Crippen LogP contribution >= 0.6 is 11.8 Å². The largest absolute Gasteiger partial charge is 0.481 e. The SMILES string of the molecule is CC1(C)CCN(C(=O)C(C(=O)O)C(C)(C)C)CCS1. The zero-order valence-electron chi connectivity index (χ0n) is 12.5. The van der Waals surface area contributed by atoms with E-state index in [9.17, 15) is 14.7 Å². The summed E-state index contributed by atoms with van der Waals surface area (Å²) in [5, 5.41) is 9.33. The Labute approximate surface area is 119 Å². The summed E-state index contributed by atoms with van der Waals surface area (Å²) >= 11 is 1.85. The van der Waals surface area contributed by atoms with E-state index in [0.717, 1.165) is 12.2 Å². The van der Waals surface area contributed by atoms with E-state index in [-0.39, 0.29) is 10.7 Å². The van der Waals surface area contributed by atoms with Crippen molar-refractivity contribution in [3.8, 4) is 0 Å². The molecule has 1 saturated heterocycles. The molecule has 110 valence electrons. The molecule has 1 atom stereocenters. The first-order valence-electron chi connectivity index (χ1n) is 6.70. The third kappa shape index (κ3) is 4.41. The second-order valence-corrected chi connectivity index (χ2v) is 8.62. The minimum absolute atomic E-state index is 0.162. The highest BCUT2D eigenvalue weighted by Gasteiger charge is 2.40. The van der Waals surface area contributed by atoms with Gasteiger partial charge in [-0.2, -0.15) is 11.8 Å². The van der Waals surface area contributed by atoms with Gasteiger partial charge in [-0.25, -0.2) is 0 Å². The second-order valence-electron chi connectivity index (χ2n) is 6.82. The Morgan fingerprint density at radius 2 is 1.84 bits per heavy atom. The number of amides is 1. The van der Waals surface area contributed by atoms with Crippen molar-refractivity contribution in [2.75, 3.05) is 18.8 Å². The van der Waals surface area contributed by atoms with Crippen molar-refractivity contribution in [2.45, 2.75) is 45.8 Å². The van der Waals surface area contributed by atoms with Crippen molar-refractivity contribution >= 4 is 23.6 Å². The number of aliphatic carboxylic acids is 1. The normalized spacial score (nSPS) is 21.6. The molecular weight excluding hydrogens is 262 g/mol. The van der Waals surface area contributed by atoms with Crippen LogP contribution in [0.5, 0.6) is 0 Å². The number of hydrogen-bond acceptors (Lipinski definition) is 3. The third-order valence-corrected chi connectivity index (χ3v) is 4.88. The second kappa shape index (κ2) is 5.73. The van der Waals surface area contributed by atoms with Gasteiger partial charge in [0.1, 0.15) is 5.92 Å². The van der Waals surface area contributed by atoms with E-state index in [1.807, 2.05) is 11.8 Å². The van der Waals surface area contributed by atoms with Gasteiger partial charge in [0.05, 0.1) is 0 Å². The summed E-state index contributed by atoms with van der Waals surface area (Å²) in [7, 11) is 0. The molecule has 1 heterocycles. The summed E-state index contributed by atoms with van der Waals surface area (Å²) in [6.45, 7) is 11.1. The van der Waals surface area contributed by atoms with E-state index < -0.39 is 17.3 Å². The van der Waals surface area contributed by atoms with Crippen LogP contribution in [0, 0.1) is 11.3 Å². The first-order valence-corrected chi connectivity index (χ1v) is 7.69. The van der Waals surface area contributed by atoms with Crippen molar-refractivity contribution in [1.29, 1.82) is 0 Å². The molecule has 0 bridgehead atoms. The number of carboxylic acid groups (broad SMARTS) is 1. The van der Waals surface area contributed by atoms with Crippen molar-refractivity contribution in [1.82, 2.24) is 4.90 Å². The van der Waals surface area contributed by atoms with Gasteiger partial charge in [-0.05, 0) is 11.8 Å². The molecule has 5 heteroatoms. The van der Waals surface area contributed by atoms with Gasteiger partial charge < -0.3 is 10.0 Å². The van der Waals surface area contributed by atoms with E-state index >= 15 is 0 Å². The van der Waals surface area contributed by atoms with E-state index in [1.165, 1.54) is 0 Å². The third-order valence-electron chi connectivity index (χ3n) is 3.51. The highest BCUT2D eigenvalue weighted by Crippen LogP contribution is 2.33. The van der Waals surface area contributed by atoms with Crippen molar-refractivity contribution < 1.29 is 14.7 Å². The zero-order chi connectivity index (χ0) is 14.8. The lowest BCUT2D eigenvalue weighted by atomic mass is 9.79. The first-order chi connectivity index (χ1) is 8.54. The van der Waals surface area contributed by atoms with E-state index in [1.54, 1.807) is 25.7 Å². The Bertz CT molecular complexity index is 360. The molecule has 1 aliphatic rings. The number of carbonyl (C=O) groups is 2. The average molecular weight is 287 g/mol. The molecule has 0 aromatic rings. The Balaban J connectivity index is 2.84. The van der Waals surface area contributed by atoms with Crippen molar-refractivity contribution in [2.24, 2.45) is 11.3 Å². The van der Waals surface area contributed by atoms with E-state index in [0.29, 0.717) is 13.1 Å². The Kier molecular flexibility index (Phi) is 4.93. The Hall–Kier alpha value is -0.710. The average Bonchev–Trinajstić information content (AvgIpc) is 2.36. The van der Waals surface area contributed by atoms with Gasteiger partial charge in [-0.15, -0.1) is 0 Å². The fourth-order valence-corrected chi connectivity index (χ4v) is 3.37. The molecule has 1 fully saturated rings. The molecule has 0 spiro atoms. The molecule has 1 rings (SSSR count). The summed E-state index contributed by atoms with van der Waals surface area (Å²) in [5.41, 5.74) is -0.558. The van der Waals surface area contributed by atoms with Crippen LogP contribution in [0.1, 0.15) is 41.0 Å². The van der Waals surface area contributed by atoms with Crippen LogP contribution in [0.2, 0.25) is 0 Å². The van der Waals surface area contributed by atoms with Gasteiger partial charge in [0.2, 0.25) is 5.91 Å². The van der Waals surface area contributed by atoms with Gasteiger partial charge in [-0.3, -0.25) is 9.59 Å². The van der Waals surface area contributed by atoms with E-state index in [4.69, 9.17) is 0 Å². The maximum atomic E-state index is 12.5. The predicted molar refractivity (Wildman–Crippen MR) is 78.3 cm³/mol. The predicted octanol–water partition coefficient (Wildman–Crippen LogP) is 2.48. The number of hydrogen-bond donors (Lipinski definition) is 1. The first kappa shape index (κ1) is 16.3. The molecule has 1 aliphatic heterocycles. The summed E-state index contributed by atoms with van der Waals surface area (Å²) in [4.78, 5) is 25.6. The fraction of sp³-hybridized carbons (Fsp3) is 0.857. The van der Waals surface area contributed by atoms with Gasteiger partial charge in [0.15, 0.2) is 0 Å². The van der Waals surface area contributed by atoms with Crippen LogP contribution in [-0.2, 0) is 9.59 Å². The molecule has 0 saturated carbocycles. The molecule has 0 aromatic carbocycles. The summed E-state index contributed by atoms with van der Waals surface area (Å²) in [6, 6.07) is 0.